The first kappa shape index (κ1) is 22.0. The Kier molecular flexibility index (Phi) is 4.77. The van der Waals surface area contributed by atoms with E-state index >= 15 is 0 Å². The van der Waals surface area contributed by atoms with Gasteiger partial charge >= 0.3 is 0 Å². The zero-order valence-electron chi connectivity index (χ0n) is 21.3. The molecule has 1 aliphatic carbocycles. The van der Waals surface area contributed by atoms with Crippen molar-refractivity contribution in [1.29, 1.82) is 0 Å². The average Bonchev–Trinajstić information content (AvgIpc) is 3.30. The molecule has 0 radical (unpaired) electrons. The number of para-hydroxylation sites is 4. The number of benzene rings is 6. The minimum absolute atomic E-state index is 0.480. The first-order valence-corrected chi connectivity index (χ1v) is 13.4. The van der Waals surface area contributed by atoms with E-state index in [2.05, 4.69) is 157 Å². The molecule has 6 aromatic carbocycles. The van der Waals surface area contributed by atoms with E-state index in [0.717, 1.165) is 28.6 Å². The molecule has 0 fully saturated rings. The highest BCUT2D eigenvalue weighted by Gasteiger charge is 2.51. The highest BCUT2D eigenvalue weighted by molar-refractivity contribution is 5.98. The fourth-order valence-electron chi connectivity index (χ4n) is 6.65. The van der Waals surface area contributed by atoms with Crippen LogP contribution in [0.25, 0.3) is 11.1 Å². The Morgan fingerprint density at radius 3 is 1.51 bits per heavy atom. The summed E-state index contributed by atoms with van der Waals surface area (Å²) in [5.74, 6) is 1.82. The van der Waals surface area contributed by atoms with E-state index in [-0.39, 0.29) is 0 Å². The third kappa shape index (κ3) is 3.03. The normalized spacial score (nSPS) is 13.5. The molecule has 0 bridgehead atoms. The predicted octanol–water partition coefficient (Wildman–Crippen LogP) is 9.63. The Hall–Kier alpha value is -5.08. The highest BCUT2D eigenvalue weighted by Crippen LogP contribution is 2.63. The Balaban J connectivity index is 1.51. The van der Waals surface area contributed by atoms with Crippen LogP contribution in [0.2, 0.25) is 0 Å². The Labute approximate surface area is 228 Å². The van der Waals surface area contributed by atoms with Gasteiger partial charge in [-0.15, -0.1) is 0 Å². The molecule has 0 aromatic heterocycles. The van der Waals surface area contributed by atoms with Crippen molar-refractivity contribution in [1.82, 2.24) is 0 Å². The number of fused-ring (bicyclic) bond motifs is 9. The molecule has 2 aliphatic rings. The van der Waals surface area contributed by atoms with E-state index in [0.29, 0.717) is 0 Å². The number of hydrogen-bond acceptors (Lipinski definition) is 2. The summed E-state index contributed by atoms with van der Waals surface area (Å²) >= 11 is 0. The zero-order chi connectivity index (χ0) is 25.8. The Morgan fingerprint density at radius 2 is 0.897 bits per heavy atom. The van der Waals surface area contributed by atoms with Gasteiger partial charge in [-0.25, -0.2) is 0 Å². The molecule has 39 heavy (non-hydrogen) atoms. The Bertz CT molecular complexity index is 1760. The van der Waals surface area contributed by atoms with Gasteiger partial charge in [0, 0.05) is 28.1 Å². The third-order valence-corrected chi connectivity index (χ3v) is 8.12. The molecule has 184 valence electrons. The Morgan fingerprint density at radius 1 is 0.410 bits per heavy atom. The number of hydrogen-bond donors (Lipinski definition) is 0. The lowest BCUT2D eigenvalue weighted by Crippen LogP contribution is -2.32. The fraction of sp³-hybridized carbons (Fsp3) is 0.0270. The zero-order valence-corrected chi connectivity index (χ0v) is 21.3. The molecular formula is C37H25NO. The summed E-state index contributed by atoms with van der Waals surface area (Å²) in [5, 5.41) is 0. The van der Waals surface area contributed by atoms with Gasteiger partial charge in [0.1, 0.15) is 11.5 Å². The summed E-state index contributed by atoms with van der Waals surface area (Å²) in [6.45, 7) is 0. The molecule has 2 heteroatoms. The van der Waals surface area contributed by atoms with Crippen LogP contribution < -0.4 is 9.64 Å². The van der Waals surface area contributed by atoms with Gasteiger partial charge < -0.3 is 9.64 Å². The maximum Gasteiger partial charge on any atom is 0.132 e. The lowest BCUT2D eigenvalue weighted by molar-refractivity contribution is 0.436. The molecule has 0 atom stereocenters. The van der Waals surface area contributed by atoms with Crippen LogP contribution in [-0.2, 0) is 5.41 Å². The average molecular weight is 500 g/mol. The minimum atomic E-state index is -0.480. The van der Waals surface area contributed by atoms with Gasteiger partial charge in [-0.05, 0) is 59.2 Å². The monoisotopic (exact) mass is 499 g/mol. The van der Waals surface area contributed by atoms with Crippen molar-refractivity contribution in [3.63, 3.8) is 0 Å². The van der Waals surface area contributed by atoms with Gasteiger partial charge in [-0.1, -0.05) is 109 Å². The van der Waals surface area contributed by atoms with Crippen LogP contribution in [0.15, 0.2) is 152 Å². The first-order chi connectivity index (χ1) is 19.4. The van der Waals surface area contributed by atoms with Crippen molar-refractivity contribution in [3.05, 3.63) is 174 Å². The van der Waals surface area contributed by atoms with Gasteiger partial charge in [0.25, 0.3) is 0 Å². The van der Waals surface area contributed by atoms with E-state index in [4.69, 9.17) is 4.74 Å². The molecule has 1 heterocycles. The van der Waals surface area contributed by atoms with Crippen LogP contribution in [0.3, 0.4) is 0 Å². The van der Waals surface area contributed by atoms with E-state index < -0.39 is 5.41 Å². The van der Waals surface area contributed by atoms with Crippen LogP contribution in [-0.4, -0.2) is 0 Å². The van der Waals surface area contributed by atoms with Crippen LogP contribution in [0, 0.1) is 0 Å². The topological polar surface area (TPSA) is 12.5 Å². The number of rotatable bonds is 3. The van der Waals surface area contributed by atoms with E-state index in [1.807, 2.05) is 0 Å². The first-order valence-electron chi connectivity index (χ1n) is 13.4. The second-order valence-corrected chi connectivity index (χ2v) is 10.1. The van der Waals surface area contributed by atoms with E-state index in [9.17, 15) is 0 Å². The number of nitrogens with zero attached hydrogens (tertiary/aromatic N) is 1. The molecule has 1 aliphatic heterocycles. The summed E-state index contributed by atoms with van der Waals surface area (Å²) in [6.07, 6.45) is 0. The lowest BCUT2D eigenvalue weighted by atomic mass is 9.66. The van der Waals surface area contributed by atoms with Gasteiger partial charge in [0.2, 0.25) is 0 Å². The molecule has 0 N–H and O–H groups in total. The van der Waals surface area contributed by atoms with Crippen LogP contribution >= 0.6 is 0 Å². The van der Waals surface area contributed by atoms with Gasteiger partial charge in [0.05, 0.1) is 11.1 Å². The van der Waals surface area contributed by atoms with Crippen molar-refractivity contribution in [2.45, 2.75) is 5.41 Å². The van der Waals surface area contributed by atoms with E-state index in [1.54, 1.807) is 0 Å². The largest absolute Gasteiger partial charge is 0.457 e. The van der Waals surface area contributed by atoms with Crippen molar-refractivity contribution < 1.29 is 4.74 Å². The molecule has 6 aromatic rings. The maximum absolute atomic E-state index is 6.50. The van der Waals surface area contributed by atoms with Gasteiger partial charge in [-0.3, -0.25) is 0 Å². The molecule has 8 rings (SSSR count). The molecule has 0 saturated carbocycles. The summed E-state index contributed by atoms with van der Waals surface area (Å²) < 4.78 is 6.50. The van der Waals surface area contributed by atoms with Gasteiger partial charge in [0.15, 0.2) is 0 Å². The molecule has 1 spiro atoms. The fourth-order valence-corrected chi connectivity index (χ4v) is 6.65. The third-order valence-electron chi connectivity index (χ3n) is 8.12. The van der Waals surface area contributed by atoms with Crippen LogP contribution in [0.5, 0.6) is 11.5 Å². The van der Waals surface area contributed by atoms with Crippen molar-refractivity contribution >= 4 is 17.1 Å². The van der Waals surface area contributed by atoms with Crippen molar-refractivity contribution in [2.24, 2.45) is 0 Å². The number of anilines is 3. The van der Waals surface area contributed by atoms with Crippen molar-refractivity contribution in [2.75, 3.05) is 4.90 Å². The predicted molar refractivity (Wildman–Crippen MR) is 159 cm³/mol. The summed E-state index contributed by atoms with van der Waals surface area (Å²) in [5.41, 5.74) is 10.4. The molecule has 2 nitrogen and oxygen atoms in total. The molecule has 0 amide bonds. The van der Waals surface area contributed by atoms with Gasteiger partial charge in [-0.2, -0.15) is 0 Å². The molecule has 0 unspecified atom stereocenters. The SMILES string of the molecule is c1ccc(N(c2ccccc2)c2cccc3c2-c2ccccc2C32c3ccccc3Oc3ccccc32)cc1. The standard InChI is InChI=1S/C37H25NO/c1-3-14-26(15-4-1)38(27-16-5-2-6-17-27)33-23-13-22-32-36(33)28-18-7-8-19-29(28)37(32)30-20-9-11-24-34(30)39-35-25-12-10-21-31(35)37/h1-25H. The highest BCUT2D eigenvalue weighted by atomic mass is 16.5. The minimum Gasteiger partial charge on any atom is -0.457 e. The summed E-state index contributed by atoms with van der Waals surface area (Å²) in [6, 6.07) is 54.0. The van der Waals surface area contributed by atoms with Crippen LogP contribution in [0.1, 0.15) is 22.3 Å². The molecular weight excluding hydrogens is 474 g/mol. The maximum atomic E-state index is 6.50. The summed E-state index contributed by atoms with van der Waals surface area (Å²) in [7, 11) is 0. The molecule has 0 saturated heterocycles. The second-order valence-electron chi connectivity index (χ2n) is 10.1. The quantitative estimate of drug-likeness (QED) is 0.240. The lowest BCUT2D eigenvalue weighted by Gasteiger charge is -2.39. The van der Waals surface area contributed by atoms with Crippen molar-refractivity contribution in [3.8, 4) is 22.6 Å². The van der Waals surface area contributed by atoms with E-state index in [1.165, 1.54) is 33.4 Å². The second kappa shape index (κ2) is 8.47. The van der Waals surface area contributed by atoms with Crippen LogP contribution in [0.4, 0.5) is 17.1 Å². The number of ether oxygens (including phenoxy) is 1. The smallest absolute Gasteiger partial charge is 0.132 e. The summed E-state index contributed by atoms with van der Waals surface area (Å²) in [4.78, 5) is 2.38.